The van der Waals surface area contributed by atoms with E-state index in [9.17, 15) is 9.90 Å². The molecule has 0 saturated carbocycles. The summed E-state index contributed by atoms with van der Waals surface area (Å²) in [5.74, 6) is 2.27. The van der Waals surface area contributed by atoms with Gasteiger partial charge in [0, 0.05) is 32.4 Å². The van der Waals surface area contributed by atoms with Crippen molar-refractivity contribution in [3.63, 3.8) is 0 Å². The van der Waals surface area contributed by atoms with Crippen LogP contribution in [0.25, 0.3) is 0 Å². The van der Waals surface area contributed by atoms with Gasteiger partial charge in [0.25, 0.3) is 0 Å². The molecule has 4 heteroatoms. The molecule has 1 heterocycles. The molecule has 0 radical (unpaired) electrons. The smallest absolute Gasteiger partial charge is 0.221 e. The Morgan fingerprint density at radius 3 is 3.07 bits per heavy atom. The third kappa shape index (κ3) is 3.36. The molecule has 0 aromatic heterocycles. The van der Waals surface area contributed by atoms with Crippen LogP contribution in [0.5, 0.6) is 0 Å². The molecular formula is C10H15NO3. The van der Waals surface area contributed by atoms with Gasteiger partial charge in [0.2, 0.25) is 5.91 Å². The molecular weight excluding hydrogens is 182 g/mol. The van der Waals surface area contributed by atoms with Crippen LogP contribution >= 0.6 is 0 Å². The van der Waals surface area contributed by atoms with Gasteiger partial charge in [0.1, 0.15) is 5.60 Å². The van der Waals surface area contributed by atoms with Crippen LogP contribution in [-0.4, -0.2) is 36.4 Å². The Labute approximate surface area is 83.6 Å². The predicted molar refractivity (Wildman–Crippen MR) is 51.5 cm³/mol. The summed E-state index contributed by atoms with van der Waals surface area (Å²) in [6.07, 6.45) is 6.34. The maximum Gasteiger partial charge on any atom is 0.221 e. The van der Waals surface area contributed by atoms with E-state index in [-0.39, 0.29) is 12.5 Å². The van der Waals surface area contributed by atoms with Gasteiger partial charge in [-0.25, -0.2) is 0 Å². The first-order valence-corrected chi connectivity index (χ1v) is 4.67. The maximum absolute atomic E-state index is 11.1. The molecule has 2 N–H and O–H groups in total. The molecule has 0 bridgehead atoms. The fraction of sp³-hybridized carbons (Fsp3) is 0.700. The molecule has 1 saturated heterocycles. The highest BCUT2D eigenvalue weighted by Crippen LogP contribution is 2.16. The summed E-state index contributed by atoms with van der Waals surface area (Å²) in [5.41, 5.74) is -0.883. The number of carbonyl (C=O) groups excluding carboxylic acids is 1. The molecule has 14 heavy (non-hydrogen) atoms. The molecule has 1 aliphatic heterocycles. The van der Waals surface area contributed by atoms with Crippen LogP contribution in [0.2, 0.25) is 0 Å². The van der Waals surface area contributed by atoms with Crippen LogP contribution < -0.4 is 5.32 Å². The summed E-state index contributed by atoms with van der Waals surface area (Å²) in [6, 6.07) is 0. The van der Waals surface area contributed by atoms with E-state index in [0.29, 0.717) is 32.5 Å². The van der Waals surface area contributed by atoms with Crippen molar-refractivity contribution in [3.05, 3.63) is 0 Å². The van der Waals surface area contributed by atoms with Crippen molar-refractivity contribution in [2.45, 2.75) is 24.9 Å². The molecule has 78 valence electrons. The molecule has 1 amide bonds. The SMILES string of the molecule is C#CCCC(=O)NCC1(O)CCOC1. The quantitative estimate of drug-likeness (QED) is 0.607. The zero-order chi connectivity index (χ0) is 10.4. The normalized spacial score (nSPS) is 25.7. The van der Waals surface area contributed by atoms with E-state index in [4.69, 9.17) is 11.2 Å². The minimum absolute atomic E-state index is 0.122. The first-order chi connectivity index (χ1) is 6.66. The predicted octanol–water partition coefficient (Wildman–Crippen LogP) is -0.333. The number of ether oxygens (including phenoxy) is 1. The third-order valence-corrected chi connectivity index (χ3v) is 2.19. The van der Waals surface area contributed by atoms with Gasteiger partial charge in [0.15, 0.2) is 0 Å². The van der Waals surface area contributed by atoms with Crippen molar-refractivity contribution in [1.29, 1.82) is 0 Å². The van der Waals surface area contributed by atoms with E-state index < -0.39 is 5.60 Å². The van der Waals surface area contributed by atoms with E-state index in [2.05, 4.69) is 11.2 Å². The zero-order valence-electron chi connectivity index (χ0n) is 8.08. The Morgan fingerprint density at radius 2 is 2.50 bits per heavy atom. The van der Waals surface area contributed by atoms with Crippen LogP contribution in [0.1, 0.15) is 19.3 Å². The summed E-state index contributed by atoms with van der Waals surface area (Å²) in [7, 11) is 0. The van der Waals surface area contributed by atoms with E-state index in [1.807, 2.05) is 0 Å². The second kappa shape index (κ2) is 4.99. The van der Waals surface area contributed by atoms with Crippen molar-refractivity contribution in [3.8, 4) is 12.3 Å². The second-order valence-corrected chi connectivity index (χ2v) is 3.51. The van der Waals surface area contributed by atoms with Crippen molar-refractivity contribution in [1.82, 2.24) is 5.32 Å². The average Bonchev–Trinajstić information content (AvgIpc) is 2.60. The Balaban J connectivity index is 2.19. The average molecular weight is 197 g/mol. The van der Waals surface area contributed by atoms with Gasteiger partial charge in [-0.2, -0.15) is 0 Å². The van der Waals surface area contributed by atoms with E-state index in [0.717, 1.165) is 0 Å². The first-order valence-electron chi connectivity index (χ1n) is 4.67. The fourth-order valence-electron chi connectivity index (χ4n) is 1.27. The molecule has 4 nitrogen and oxygen atoms in total. The number of hydrogen-bond acceptors (Lipinski definition) is 3. The lowest BCUT2D eigenvalue weighted by Crippen LogP contribution is -2.43. The summed E-state index contributed by atoms with van der Waals surface area (Å²) in [6.45, 7) is 1.09. The number of hydrogen-bond donors (Lipinski definition) is 2. The molecule has 0 aromatic rings. The van der Waals surface area contributed by atoms with Gasteiger partial charge in [-0.05, 0) is 0 Å². The Bertz CT molecular complexity index is 238. The van der Waals surface area contributed by atoms with Crippen molar-refractivity contribution < 1.29 is 14.6 Å². The van der Waals surface area contributed by atoms with Crippen LogP contribution in [0.3, 0.4) is 0 Å². The minimum Gasteiger partial charge on any atom is -0.386 e. The number of amides is 1. The van der Waals surface area contributed by atoms with Crippen LogP contribution in [0, 0.1) is 12.3 Å². The Kier molecular flexibility index (Phi) is 3.93. The molecule has 1 unspecified atom stereocenters. The molecule has 1 atom stereocenters. The Hall–Kier alpha value is -1.05. The van der Waals surface area contributed by atoms with Crippen LogP contribution in [0.15, 0.2) is 0 Å². The van der Waals surface area contributed by atoms with Crippen LogP contribution in [-0.2, 0) is 9.53 Å². The van der Waals surface area contributed by atoms with E-state index in [1.54, 1.807) is 0 Å². The molecule has 0 spiro atoms. The third-order valence-electron chi connectivity index (χ3n) is 2.19. The van der Waals surface area contributed by atoms with Crippen LogP contribution in [0.4, 0.5) is 0 Å². The number of terminal acetylenes is 1. The molecule has 0 aliphatic carbocycles. The zero-order valence-corrected chi connectivity index (χ0v) is 8.08. The summed E-state index contributed by atoms with van der Waals surface area (Å²) in [5, 5.41) is 12.4. The Morgan fingerprint density at radius 1 is 1.71 bits per heavy atom. The molecule has 1 aliphatic rings. The van der Waals surface area contributed by atoms with E-state index in [1.165, 1.54) is 0 Å². The number of rotatable bonds is 4. The standard InChI is InChI=1S/C10H15NO3/c1-2-3-4-9(12)11-7-10(13)5-6-14-8-10/h1,13H,3-8H2,(H,11,12). The largest absolute Gasteiger partial charge is 0.386 e. The lowest BCUT2D eigenvalue weighted by atomic mass is 10.0. The van der Waals surface area contributed by atoms with Gasteiger partial charge in [0.05, 0.1) is 6.61 Å². The fourth-order valence-corrected chi connectivity index (χ4v) is 1.27. The monoisotopic (exact) mass is 197 g/mol. The maximum atomic E-state index is 11.1. The van der Waals surface area contributed by atoms with Gasteiger partial charge in [-0.3, -0.25) is 4.79 Å². The second-order valence-electron chi connectivity index (χ2n) is 3.51. The van der Waals surface area contributed by atoms with Gasteiger partial charge < -0.3 is 15.2 Å². The van der Waals surface area contributed by atoms with Crippen molar-refractivity contribution >= 4 is 5.91 Å². The highest BCUT2D eigenvalue weighted by atomic mass is 16.5. The van der Waals surface area contributed by atoms with Gasteiger partial charge in [-0.15, -0.1) is 12.3 Å². The van der Waals surface area contributed by atoms with Crippen molar-refractivity contribution in [2.24, 2.45) is 0 Å². The lowest BCUT2D eigenvalue weighted by Gasteiger charge is -2.20. The number of aliphatic hydroxyl groups is 1. The summed E-state index contributed by atoms with van der Waals surface area (Å²) < 4.78 is 5.04. The number of nitrogens with one attached hydrogen (secondary N) is 1. The van der Waals surface area contributed by atoms with Gasteiger partial charge >= 0.3 is 0 Å². The lowest BCUT2D eigenvalue weighted by molar-refractivity contribution is -0.122. The molecule has 0 aromatic carbocycles. The highest BCUT2D eigenvalue weighted by Gasteiger charge is 2.32. The van der Waals surface area contributed by atoms with Crippen molar-refractivity contribution in [2.75, 3.05) is 19.8 Å². The van der Waals surface area contributed by atoms with E-state index >= 15 is 0 Å². The first kappa shape index (κ1) is 11.0. The molecule has 1 fully saturated rings. The molecule has 1 rings (SSSR count). The number of carbonyl (C=O) groups is 1. The summed E-state index contributed by atoms with van der Waals surface area (Å²) in [4.78, 5) is 11.1. The highest BCUT2D eigenvalue weighted by molar-refractivity contribution is 5.76. The van der Waals surface area contributed by atoms with Gasteiger partial charge in [-0.1, -0.05) is 0 Å². The summed E-state index contributed by atoms with van der Waals surface area (Å²) >= 11 is 0. The topological polar surface area (TPSA) is 58.6 Å². The minimum atomic E-state index is -0.883.